The molecule has 5 nitrogen and oxygen atoms in total. The van der Waals surface area contributed by atoms with Gasteiger partial charge in [0.2, 0.25) is 15.9 Å². The molecule has 1 aromatic rings. The Labute approximate surface area is 144 Å². The molecule has 0 aliphatic carbocycles. The largest absolute Gasteiger partial charge is 0.393 e. The third kappa shape index (κ3) is 6.08. The normalized spacial score (nSPS) is 19.2. The maximum atomic E-state index is 12.8. The van der Waals surface area contributed by atoms with E-state index in [0.717, 1.165) is 6.26 Å². The fourth-order valence-corrected chi connectivity index (χ4v) is 3.16. The van der Waals surface area contributed by atoms with Crippen molar-refractivity contribution in [1.29, 1.82) is 0 Å². The monoisotopic (exact) mass is 376 g/mol. The molecule has 0 radical (unpaired) electrons. The minimum atomic E-state index is -4.29. The zero-order valence-corrected chi connectivity index (χ0v) is 14.4. The van der Waals surface area contributed by atoms with Crippen molar-refractivity contribution in [3.05, 3.63) is 35.9 Å². The van der Waals surface area contributed by atoms with E-state index in [1.807, 2.05) is 0 Å². The van der Waals surface area contributed by atoms with E-state index < -0.39 is 28.0 Å². The highest BCUT2D eigenvalue weighted by atomic mass is 32.2. The van der Waals surface area contributed by atoms with Crippen molar-refractivity contribution in [2.24, 2.45) is 5.92 Å². The maximum absolute atomic E-state index is 12.8. The van der Waals surface area contributed by atoms with Gasteiger partial charge < -0.3 is 4.90 Å². The van der Waals surface area contributed by atoms with E-state index in [1.54, 1.807) is 12.1 Å². The van der Waals surface area contributed by atoms with Crippen LogP contribution in [-0.4, -0.2) is 44.7 Å². The predicted octanol–water partition coefficient (Wildman–Crippen LogP) is 2.87. The van der Waals surface area contributed by atoms with Gasteiger partial charge in [-0.05, 0) is 36.6 Å². The number of likely N-dealkylation sites (tertiary alicyclic amines) is 1. The molecule has 1 fully saturated rings. The molecule has 1 aliphatic rings. The first-order chi connectivity index (χ1) is 11.5. The fourth-order valence-electron chi connectivity index (χ4n) is 2.59. The zero-order valence-electron chi connectivity index (χ0n) is 13.6. The third-order valence-corrected chi connectivity index (χ3v) is 4.43. The molecule has 2 rings (SSSR count). The quantitative estimate of drug-likeness (QED) is 0.822. The molecular formula is C16H19F3N2O3S. The lowest BCUT2D eigenvalue weighted by Gasteiger charge is -2.33. The van der Waals surface area contributed by atoms with Crippen molar-refractivity contribution < 1.29 is 26.4 Å². The molecule has 1 aliphatic heterocycles. The Morgan fingerprint density at radius 1 is 1.28 bits per heavy atom. The van der Waals surface area contributed by atoms with Crippen LogP contribution in [0.25, 0.3) is 6.08 Å². The lowest BCUT2D eigenvalue weighted by atomic mass is 9.97. The molecule has 0 saturated carbocycles. The number of benzene rings is 1. The molecule has 138 valence electrons. The lowest BCUT2D eigenvalue weighted by molar-refractivity contribution is -0.187. The molecule has 0 aromatic heterocycles. The molecule has 1 amide bonds. The van der Waals surface area contributed by atoms with E-state index in [-0.39, 0.29) is 13.0 Å². The van der Waals surface area contributed by atoms with E-state index >= 15 is 0 Å². The van der Waals surface area contributed by atoms with Crippen LogP contribution in [0, 0.1) is 5.92 Å². The number of carbonyl (C=O) groups excluding carboxylic acids is 1. The van der Waals surface area contributed by atoms with E-state index in [2.05, 4.69) is 4.72 Å². The van der Waals surface area contributed by atoms with Crippen LogP contribution in [0.5, 0.6) is 0 Å². The highest BCUT2D eigenvalue weighted by Gasteiger charge is 2.42. The number of hydrogen-bond donors (Lipinski definition) is 1. The predicted molar refractivity (Wildman–Crippen MR) is 89.3 cm³/mol. The van der Waals surface area contributed by atoms with E-state index in [9.17, 15) is 26.4 Å². The standard InChI is InChI=1S/C16H19F3N2O3S/c1-25(23,24)20-14-7-4-12(5-8-14)6-9-15(22)21-10-2-3-13(11-21)16(17,18)19/h4-9,13,20H,2-3,10-11H2,1H3/b9-6-/t13-/m0/s1. The number of piperidine rings is 1. The summed E-state index contributed by atoms with van der Waals surface area (Å²) >= 11 is 0. The molecule has 0 spiro atoms. The average molecular weight is 376 g/mol. The summed E-state index contributed by atoms with van der Waals surface area (Å²) in [7, 11) is -3.37. The first-order valence-electron chi connectivity index (χ1n) is 7.66. The summed E-state index contributed by atoms with van der Waals surface area (Å²) in [5, 5.41) is 0. The number of sulfonamides is 1. The SMILES string of the molecule is CS(=O)(=O)Nc1ccc(/C=C\C(=O)N2CCC[C@H](C(F)(F)F)C2)cc1. The van der Waals surface area contributed by atoms with Crippen LogP contribution in [0.2, 0.25) is 0 Å². The number of hydrogen-bond acceptors (Lipinski definition) is 3. The van der Waals surface area contributed by atoms with Crippen LogP contribution in [0.3, 0.4) is 0 Å². The van der Waals surface area contributed by atoms with Gasteiger partial charge in [-0.15, -0.1) is 0 Å². The zero-order chi connectivity index (χ0) is 18.7. The van der Waals surface area contributed by atoms with Gasteiger partial charge in [0.1, 0.15) is 0 Å². The second-order valence-electron chi connectivity index (χ2n) is 5.99. The molecule has 0 bridgehead atoms. The van der Waals surface area contributed by atoms with Crippen LogP contribution in [-0.2, 0) is 14.8 Å². The third-order valence-electron chi connectivity index (χ3n) is 3.83. The maximum Gasteiger partial charge on any atom is 0.393 e. The van der Waals surface area contributed by atoms with E-state index in [0.29, 0.717) is 24.2 Å². The number of alkyl halides is 3. The minimum absolute atomic E-state index is 0.0474. The Bertz CT molecular complexity index is 743. The average Bonchev–Trinajstić information content (AvgIpc) is 2.52. The summed E-state index contributed by atoms with van der Waals surface area (Å²) in [6, 6.07) is 6.27. The highest BCUT2D eigenvalue weighted by Crippen LogP contribution is 2.33. The Kier molecular flexibility index (Phi) is 5.76. The summed E-state index contributed by atoms with van der Waals surface area (Å²) < 4.78 is 62.9. The van der Waals surface area contributed by atoms with Gasteiger partial charge >= 0.3 is 6.18 Å². The van der Waals surface area contributed by atoms with E-state index in [1.165, 1.54) is 29.2 Å². The Morgan fingerprint density at radius 2 is 1.92 bits per heavy atom. The number of nitrogens with one attached hydrogen (secondary N) is 1. The molecular weight excluding hydrogens is 357 g/mol. The van der Waals surface area contributed by atoms with Crippen LogP contribution in [0.4, 0.5) is 18.9 Å². The fraction of sp³-hybridized carbons (Fsp3) is 0.438. The van der Waals surface area contributed by atoms with Gasteiger partial charge in [0.25, 0.3) is 0 Å². The molecule has 1 N–H and O–H groups in total. The van der Waals surface area contributed by atoms with Crippen LogP contribution in [0.1, 0.15) is 18.4 Å². The minimum Gasteiger partial charge on any atom is -0.339 e. The number of rotatable bonds is 4. The van der Waals surface area contributed by atoms with Crippen molar-refractivity contribution >= 4 is 27.7 Å². The number of anilines is 1. The van der Waals surface area contributed by atoms with Gasteiger partial charge in [-0.25, -0.2) is 8.42 Å². The summed E-state index contributed by atoms with van der Waals surface area (Å²) in [5.41, 5.74) is 1.02. The van der Waals surface area contributed by atoms with Gasteiger partial charge in [0, 0.05) is 24.9 Å². The number of nitrogens with zero attached hydrogens (tertiary/aromatic N) is 1. The number of halogens is 3. The first kappa shape index (κ1) is 19.3. The van der Waals surface area contributed by atoms with Gasteiger partial charge in [0.15, 0.2) is 0 Å². The first-order valence-corrected chi connectivity index (χ1v) is 9.55. The highest BCUT2D eigenvalue weighted by molar-refractivity contribution is 7.92. The van der Waals surface area contributed by atoms with Crippen molar-refractivity contribution in [3.8, 4) is 0 Å². The summed E-state index contributed by atoms with van der Waals surface area (Å²) in [6.45, 7) is -0.00311. The molecule has 0 unspecified atom stereocenters. The molecule has 9 heteroatoms. The number of carbonyl (C=O) groups is 1. The Morgan fingerprint density at radius 3 is 2.48 bits per heavy atom. The van der Waals surface area contributed by atoms with Gasteiger partial charge in [-0.1, -0.05) is 12.1 Å². The van der Waals surface area contributed by atoms with Gasteiger partial charge in [-0.3, -0.25) is 9.52 Å². The van der Waals surface area contributed by atoms with Crippen molar-refractivity contribution in [3.63, 3.8) is 0 Å². The van der Waals surface area contributed by atoms with E-state index in [4.69, 9.17) is 0 Å². The van der Waals surface area contributed by atoms with Gasteiger partial charge in [-0.2, -0.15) is 13.2 Å². The topological polar surface area (TPSA) is 66.5 Å². The molecule has 25 heavy (non-hydrogen) atoms. The lowest BCUT2D eigenvalue weighted by Crippen LogP contribution is -2.44. The molecule has 1 saturated heterocycles. The van der Waals surface area contributed by atoms with Crippen LogP contribution in [0.15, 0.2) is 30.3 Å². The summed E-state index contributed by atoms with van der Waals surface area (Å²) in [6.07, 6.45) is -0.152. The molecule has 1 atom stereocenters. The second-order valence-corrected chi connectivity index (χ2v) is 7.74. The number of amides is 1. The summed E-state index contributed by atoms with van der Waals surface area (Å²) in [4.78, 5) is 13.3. The smallest absolute Gasteiger partial charge is 0.339 e. The second kappa shape index (κ2) is 7.47. The van der Waals surface area contributed by atoms with Crippen LogP contribution < -0.4 is 4.72 Å². The molecule has 1 aromatic carbocycles. The van der Waals surface area contributed by atoms with Gasteiger partial charge in [0.05, 0.1) is 12.2 Å². The van der Waals surface area contributed by atoms with Crippen molar-refractivity contribution in [2.75, 3.05) is 24.1 Å². The summed E-state index contributed by atoms with van der Waals surface area (Å²) in [5.74, 6) is -1.94. The Balaban J connectivity index is 1.98. The Hall–Kier alpha value is -2.03. The van der Waals surface area contributed by atoms with Crippen LogP contribution >= 0.6 is 0 Å². The molecule has 1 heterocycles. The van der Waals surface area contributed by atoms with Crippen molar-refractivity contribution in [1.82, 2.24) is 4.90 Å². The van der Waals surface area contributed by atoms with Crippen molar-refractivity contribution in [2.45, 2.75) is 19.0 Å².